The van der Waals surface area contributed by atoms with Gasteiger partial charge in [0.15, 0.2) is 6.04 Å². The first-order chi connectivity index (χ1) is 11.2. The molecular formula is C12H26N6O6. The predicted octanol–water partition coefficient (Wildman–Crippen LogP) is -4.22. The van der Waals surface area contributed by atoms with Crippen molar-refractivity contribution < 1.29 is 29.7 Å². The van der Waals surface area contributed by atoms with E-state index in [1.54, 1.807) is 0 Å². The Morgan fingerprint density at radius 3 is 2.17 bits per heavy atom. The number of aliphatic hydroxyl groups excluding tert-OH is 2. The third-order valence-corrected chi connectivity index (χ3v) is 2.89. The van der Waals surface area contributed by atoms with Gasteiger partial charge >= 0.3 is 12.0 Å². The van der Waals surface area contributed by atoms with Gasteiger partial charge in [-0.05, 0) is 6.92 Å². The van der Waals surface area contributed by atoms with Gasteiger partial charge < -0.3 is 37.4 Å². The van der Waals surface area contributed by atoms with Crippen molar-refractivity contribution in [1.29, 1.82) is 0 Å². The fraction of sp³-hybridized carbons (Fsp3) is 0.750. The number of aliphatic hydroxyl groups is 2. The predicted molar refractivity (Wildman–Crippen MR) is 83.4 cm³/mol. The fourth-order valence-corrected chi connectivity index (χ4v) is 1.64. The van der Waals surface area contributed by atoms with Crippen molar-refractivity contribution in [3.8, 4) is 0 Å². The smallest absolute Gasteiger partial charge is 0.328 e. The average Bonchev–Trinajstić information content (AvgIpc) is 2.47. The number of carboxylic acid groups (broad SMARTS) is 1. The molecule has 0 saturated heterocycles. The number of hydrazine groups is 1. The summed E-state index contributed by atoms with van der Waals surface area (Å²) >= 11 is 0. The molecule has 0 aromatic carbocycles. The van der Waals surface area contributed by atoms with Crippen LogP contribution in [0.25, 0.3) is 0 Å². The largest absolute Gasteiger partial charge is 0.480 e. The number of hydrogen-bond donors (Lipinski definition) is 9. The van der Waals surface area contributed by atoms with E-state index in [9.17, 15) is 19.5 Å². The normalized spacial score (nSPS) is 15.8. The Bertz CT molecular complexity index is 421. The first-order valence-corrected chi connectivity index (χ1v) is 7.25. The molecule has 0 aromatic rings. The number of amides is 3. The molecule has 0 aliphatic carbocycles. The Kier molecular flexibility index (Phi) is 10.6. The van der Waals surface area contributed by atoms with Gasteiger partial charge in [-0.1, -0.05) is 0 Å². The van der Waals surface area contributed by atoms with Gasteiger partial charge in [0.25, 0.3) is 0 Å². The fourth-order valence-electron chi connectivity index (χ4n) is 1.64. The van der Waals surface area contributed by atoms with Gasteiger partial charge in [0.1, 0.15) is 0 Å². The van der Waals surface area contributed by atoms with Gasteiger partial charge in [0.05, 0.1) is 18.8 Å². The van der Waals surface area contributed by atoms with Gasteiger partial charge in [-0.3, -0.25) is 15.6 Å². The summed E-state index contributed by atoms with van der Waals surface area (Å²) in [6, 6.07) is -3.58. The summed E-state index contributed by atoms with van der Waals surface area (Å²) in [7, 11) is 0. The van der Waals surface area contributed by atoms with Crippen LogP contribution in [0.5, 0.6) is 0 Å². The van der Waals surface area contributed by atoms with Crippen molar-refractivity contribution in [2.24, 2.45) is 11.5 Å². The molecule has 12 heteroatoms. The average molecular weight is 350 g/mol. The monoisotopic (exact) mass is 350 g/mol. The van der Waals surface area contributed by atoms with Crippen LogP contribution in [0.15, 0.2) is 0 Å². The highest BCUT2D eigenvalue weighted by Gasteiger charge is 2.26. The summed E-state index contributed by atoms with van der Waals surface area (Å²) < 4.78 is 0. The molecule has 0 aromatic heterocycles. The Morgan fingerprint density at radius 2 is 1.71 bits per heavy atom. The van der Waals surface area contributed by atoms with Crippen LogP contribution in [0.2, 0.25) is 0 Å². The van der Waals surface area contributed by atoms with Gasteiger partial charge in [0, 0.05) is 25.6 Å². The van der Waals surface area contributed by atoms with E-state index in [4.69, 9.17) is 21.7 Å². The van der Waals surface area contributed by atoms with Gasteiger partial charge in [-0.15, -0.1) is 0 Å². The summed E-state index contributed by atoms with van der Waals surface area (Å²) in [4.78, 5) is 33.7. The van der Waals surface area contributed by atoms with Crippen molar-refractivity contribution in [2.45, 2.75) is 37.6 Å². The SMILES string of the molecule is CC(O)C(NC(=O)NC(CNNCC(N)CO)CC(N)=O)C(=O)O. The van der Waals surface area contributed by atoms with Gasteiger partial charge in [0.2, 0.25) is 5.91 Å². The van der Waals surface area contributed by atoms with Crippen LogP contribution in [0.3, 0.4) is 0 Å². The molecule has 140 valence electrons. The molecule has 24 heavy (non-hydrogen) atoms. The van der Waals surface area contributed by atoms with Crippen LogP contribution in [0, 0.1) is 0 Å². The van der Waals surface area contributed by atoms with Crippen molar-refractivity contribution >= 4 is 17.9 Å². The van der Waals surface area contributed by atoms with Crippen molar-refractivity contribution in [1.82, 2.24) is 21.5 Å². The number of nitrogens with two attached hydrogens (primary N) is 2. The van der Waals surface area contributed by atoms with Crippen molar-refractivity contribution in [3.05, 3.63) is 0 Å². The second kappa shape index (κ2) is 11.5. The lowest BCUT2D eigenvalue weighted by Crippen LogP contribution is -2.56. The molecule has 0 radical (unpaired) electrons. The molecule has 0 bridgehead atoms. The van der Waals surface area contributed by atoms with E-state index in [0.29, 0.717) is 0 Å². The Balaban J connectivity index is 4.46. The molecule has 11 N–H and O–H groups in total. The molecule has 4 unspecified atom stereocenters. The van der Waals surface area contributed by atoms with E-state index in [1.165, 1.54) is 6.92 Å². The molecule has 0 aliphatic rings. The van der Waals surface area contributed by atoms with E-state index < -0.39 is 42.1 Å². The van der Waals surface area contributed by atoms with Crippen LogP contribution < -0.4 is 33.0 Å². The molecule has 12 nitrogen and oxygen atoms in total. The number of hydrogen-bond acceptors (Lipinski definition) is 8. The highest BCUT2D eigenvalue weighted by molar-refractivity contribution is 5.83. The quantitative estimate of drug-likeness (QED) is 0.123. The van der Waals surface area contributed by atoms with Crippen LogP contribution in [-0.4, -0.2) is 77.2 Å². The Labute approximate surface area is 138 Å². The standard InChI is InChI=1S/C12H26N6O6/c1-6(20)10(11(22)23)18-12(24)17-8(2-9(14)21)4-16-15-3-7(13)5-19/h6-8,10,15-16,19-20H,2-5,13H2,1H3,(H2,14,21)(H,22,23)(H2,17,18,24). The van der Waals surface area contributed by atoms with Crippen LogP contribution in [0.4, 0.5) is 4.79 Å². The number of carbonyl (C=O) groups excluding carboxylic acids is 2. The van der Waals surface area contributed by atoms with Crippen molar-refractivity contribution in [3.63, 3.8) is 0 Å². The zero-order valence-corrected chi connectivity index (χ0v) is 13.4. The molecule has 0 heterocycles. The number of primary amides is 1. The number of aliphatic carboxylic acids is 1. The molecule has 0 saturated carbocycles. The molecule has 0 aliphatic heterocycles. The lowest BCUT2D eigenvalue weighted by Gasteiger charge is -2.22. The number of carbonyl (C=O) groups is 3. The summed E-state index contributed by atoms with van der Waals surface area (Å²) in [6.45, 7) is 1.34. The maximum absolute atomic E-state index is 11.8. The third kappa shape index (κ3) is 9.91. The van der Waals surface area contributed by atoms with Crippen molar-refractivity contribution in [2.75, 3.05) is 19.7 Å². The second-order valence-electron chi connectivity index (χ2n) is 5.25. The maximum atomic E-state index is 11.8. The van der Waals surface area contributed by atoms with Crippen LogP contribution in [-0.2, 0) is 9.59 Å². The zero-order valence-electron chi connectivity index (χ0n) is 13.4. The lowest BCUT2D eigenvalue weighted by atomic mass is 10.2. The molecule has 3 amide bonds. The minimum atomic E-state index is -1.49. The summed E-state index contributed by atoms with van der Waals surface area (Å²) in [6.07, 6.45) is -1.50. The minimum absolute atomic E-state index is 0.0843. The van der Waals surface area contributed by atoms with Gasteiger partial charge in [-0.2, -0.15) is 0 Å². The van der Waals surface area contributed by atoms with E-state index in [1.807, 2.05) is 0 Å². The highest BCUT2D eigenvalue weighted by Crippen LogP contribution is 1.95. The summed E-state index contributed by atoms with van der Waals surface area (Å²) in [5.41, 5.74) is 16.0. The number of carboxylic acids is 1. The third-order valence-electron chi connectivity index (χ3n) is 2.89. The maximum Gasteiger partial charge on any atom is 0.328 e. The zero-order chi connectivity index (χ0) is 18.7. The molecule has 0 fully saturated rings. The summed E-state index contributed by atoms with van der Waals surface area (Å²) in [5, 5.41) is 31.4. The van der Waals surface area contributed by atoms with Crippen LogP contribution >= 0.6 is 0 Å². The molecule has 0 spiro atoms. The van der Waals surface area contributed by atoms with E-state index in [-0.39, 0.29) is 26.1 Å². The molecular weight excluding hydrogens is 324 g/mol. The number of urea groups is 1. The van der Waals surface area contributed by atoms with E-state index in [2.05, 4.69) is 21.5 Å². The van der Waals surface area contributed by atoms with Gasteiger partial charge in [-0.25, -0.2) is 9.59 Å². The molecule has 4 atom stereocenters. The van der Waals surface area contributed by atoms with Crippen LogP contribution in [0.1, 0.15) is 13.3 Å². The molecule has 0 rings (SSSR count). The van der Waals surface area contributed by atoms with E-state index >= 15 is 0 Å². The minimum Gasteiger partial charge on any atom is -0.480 e. The number of rotatable bonds is 12. The Morgan fingerprint density at radius 1 is 1.12 bits per heavy atom. The summed E-state index contributed by atoms with van der Waals surface area (Å²) in [5.74, 6) is -2.07. The first-order valence-electron chi connectivity index (χ1n) is 7.25. The van der Waals surface area contributed by atoms with E-state index in [0.717, 1.165) is 0 Å². The highest BCUT2D eigenvalue weighted by atomic mass is 16.4. The first kappa shape index (κ1) is 22.0. The second-order valence-corrected chi connectivity index (χ2v) is 5.25. The Hall–Kier alpha value is -1.99. The number of nitrogens with one attached hydrogen (secondary N) is 4. The lowest BCUT2D eigenvalue weighted by molar-refractivity contribution is -0.141. The topological polar surface area (TPSA) is 212 Å².